The maximum atomic E-state index is 13.6. The molecule has 2 nitrogen and oxygen atoms in total. The number of aromatic hydroxyl groups is 1. The highest BCUT2D eigenvalue weighted by Crippen LogP contribution is 2.50. The summed E-state index contributed by atoms with van der Waals surface area (Å²) in [6.07, 6.45) is 1.69. The largest absolute Gasteiger partial charge is 0.508 e. The average Bonchev–Trinajstić information content (AvgIpc) is 2.26. The molecule has 0 spiro atoms. The lowest BCUT2D eigenvalue weighted by atomic mass is 9.90. The molecule has 0 unspecified atom stereocenters. The zero-order chi connectivity index (χ0) is 14.1. The predicted molar refractivity (Wildman–Crippen MR) is 77.1 cm³/mol. The molecule has 0 aliphatic carbocycles. The Kier molecular flexibility index (Phi) is 4.11. The van der Waals surface area contributed by atoms with E-state index in [0.717, 1.165) is 24.5 Å². The van der Waals surface area contributed by atoms with E-state index in [0.29, 0.717) is 13.2 Å². The third-order valence-corrected chi connectivity index (χ3v) is 4.86. The Morgan fingerprint density at radius 1 is 1.21 bits per heavy atom. The normalized spacial score (nSPS) is 19.4. The van der Waals surface area contributed by atoms with Gasteiger partial charge >= 0.3 is 0 Å². The monoisotopic (exact) mass is 284 g/mol. The summed E-state index contributed by atoms with van der Waals surface area (Å²) < 4.78 is 18.9. The van der Waals surface area contributed by atoms with Crippen LogP contribution in [0.4, 0.5) is 4.39 Å². The molecule has 1 saturated heterocycles. The zero-order valence-electron chi connectivity index (χ0n) is 11.7. The van der Waals surface area contributed by atoms with Crippen molar-refractivity contribution in [2.75, 3.05) is 13.2 Å². The van der Waals surface area contributed by atoms with Gasteiger partial charge in [0.05, 0.1) is 0 Å². The molecular formula is C15H21FO2S. The van der Waals surface area contributed by atoms with Crippen LogP contribution in [0, 0.1) is 5.82 Å². The molecule has 0 radical (unpaired) electrons. The minimum atomic E-state index is -0.379. The topological polar surface area (TPSA) is 29.5 Å². The number of halogens is 1. The van der Waals surface area contributed by atoms with Gasteiger partial charge in [-0.15, -0.1) is 11.8 Å². The Labute approximate surface area is 118 Å². The van der Waals surface area contributed by atoms with Crippen molar-refractivity contribution in [3.8, 4) is 5.75 Å². The Balaban J connectivity index is 2.41. The highest BCUT2D eigenvalue weighted by atomic mass is 32.2. The van der Waals surface area contributed by atoms with Crippen LogP contribution < -0.4 is 0 Å². The van der Waals surface area contributed by atoms with E-state index in [4.69, 9.17) is 4.74 Å². The van der Waals surface area contributed by atoms with E-state index in [1.165, 1.54) is 0 Å². The molecule has 1 N–H and O–H groups in total. The maximum absolute atomic E-state index is 13.6. The van der Waals surface area contributed by atoms with Gasteiger partial charge in [-0.25, -0.2) is 4.39 Å². The SMILES string of the molecule is CC(C)(C)SC1(c2cc(O)cc(F)c2)CCOCC1. The number of hydrogen-bond donors (Lipinski definition) is 1. The van der Waals surface area contributed by atoms with Crippen LogP contribution in [-0.2, 0) is 9.48 Å². The molecule has 1 fully saturated rings. The minimum Gasteiger partial charge on any atom is -0.508 e. The van der Waals surface area contributed by atoms with E-state index in [1.807, 2.05) is 11.8 Å². The van der Waals surface area contributed by atoms with Crippen LogP contribution in [0.15, 0.2) is 18.2 Å². The fourth-order valence-electron chi connectivity index (χ4n) is 2.57. The lowest BCUT2D eigenvalue weighted by Crippen LogP contribution is -2.34. The first kappa shape index (κ1) is 14.7. The third-order valence-electron chi connectivity index (χ3n) is 3.21. The first-order valence-electron chi connectivity index (χ1n) is 6.59. The molecule has 0 aromatic heterocycles. The van der Waals surface area contributed by atoms with E-state index in [9.17, 15) is 9.50 Å². The van der Waals surface area contributed by atoms with Gasteiger partial charge in [0.15, 0.2) is 0 Å². The molecule has 1 aromatic carbocycles. The van der Waals surface area contributed by atoms with Gasteiger partial charge in [0.1, 0.15) is 11.6 Å². The summed E-state index contributed by atoms with van der Waals surface area (Å²) in [4.78, 5) is 0. The van der Waals surface area contributed by atoms with Crippen molar-refractivity contribution in [2.45, 2.75) is 43.1 Å². The van der Waals surface area contributed by atoms with Crippen LogP contribution >= 0.6 is 11.8 Å². The lowest BCUT2D eigenvalue weighted by Gasteiger charge is -2.41. The molecule has 1 aliphatic heterocycles. The number of ether oxygens (including phenoxy) is 1. The van der Waals surface area contributed by atoms with Gasteiger partial charge in [-0.2, -0.15) is 0 Å². The Morgan fingerprint density at radius 3 is 2.37 bits per heavy atom. The average molecular weight is 284 g/mol. The molecule has 1 aliphatic rings. The molecular weight excluding hydrogens is 263 g/mol. The van der Waals surface area contributed by atoms with Gasteiger partial charge in [-0.05, 0) is 30.5 Å². The minimum absolute atomic E-state index is 0.00428. The van der Waals surface area contributed by atoms with E-state index >= 15 is 0 Å². The molecule has 19 heavy (non-hydrogen) atoms. The number of thioether (sulfide) groups is 1. The second kappa shape index (κ2) is 5.33. The van der Waals surface area contributed by atoms with Crippen LogP contribution in [0.3, 0.4) is 0 Å². The molecule has 0 saturated carbocycles. The number of phenolic OH excluding ortho intramolecular Hbond substituents is 1. The quantitative estimate of drug-likeness (QED) is 0.887. The lowest BCUT2D eigenvalue weighted by molar-refractivity contribution is 0.0764. The van der Waals surface area contributed by atoms with Crippen molar-refractivity contribution in [3.63, 3.8) is 0 Å². The fraction of sp³-hybridized carbons (Fsp3) is 0.600. The molecule has 0 atom stereocenters. The van der Waals surface area contributed by atoms with Crippen LogP contribution in [-0.4, -0.2) is 23.1 Å². The predicted octanol–water partition coefficient (Wildman–Crippen LogP) is 4.07. The molecule has 1 heterocycles. The van der Waals surface area contributed by atoms with Crippen molar-refractivity contribution in [2.24, 2.45) is 0 Å². The zero-order valence-corrected chi connectivity index (χ0v) is 12.5. The fourth-order valence-corrected chi connectivity index (χ4v) is 4.35. The highest BCUT2D eigenvalue weighted by molar-refractivity contribution is 8.01. The van der Waals surface area contributed by atoms with Gasteiger partial charge in [-0.1, -0.05) is 20.8 Å². The molecule has 106 valence electrons. The smallest absolute Gasteiger partial charge is 0.127 e. The summed E-state index contributed by atoms with van der Waals surface area (Å²) in [7, 11) is 0. The maximum Gasteiger partial charge on any atom is 0.127 e. The highest BCUT2D eigenvalue weighted by Gasteiger charge is 2.39. The summed E-state index contributed by atoms with van der Waals surface area (Å²) in [5.41, 5.74) is 0.869. The van der Waals surface area contributed by atoms with Gasteiger partial charge in [0.2, 0.25) is 0 Å². The second-order valence-corrected chi connectivity index (χ2v) is 8.23. The molecule has 1 aromatic rings. The third kappa shape index (κ3) is 3.63. The van der Waals surface area contributed by atoms with Crippen LogP contribution in [0.5, 0.6) is 5.75 Å². The van der Waals surface area contributed by atoms with Crippen molar-refractivity contribution < 1.29 is 14.2 Å². The van der Waals surface area contributed by atoms with Crippen LogP contribution in [0.1, 0.15) is 39.2 Å². The van der Waals surface area contributed by atoms with E-state index < -0.39 is 0 Å². The van der Waals surface area contributed by atoms with Gasteiger partial charge in [0, 0.05) is 28.8 Å². The molecule has 0 bridgehead atoms. The first-order chi connectivity index (χ1) is 8.81. The van der Waals surface area contributed by atoms with Crippen LogP contribution in [0.25, 0.3) is 0 Å². The van der Waals surface area contributed by atoms with E-state index in [-0.39, 0.29) is 21.1 Å². The molecule has 4 heteroatoms. The van der Waals surface area contributed by atoms with Crippen molar-refractivity contribution in [1.29, 1.82) is 0 Å². The summed E-state index contributed by atoms with van der Waals surface area (Å²) in [6.45, 7) is 7.84. The second-order valence-electron chi connectivity index (χ2n) is 6.02. The summed E-state index contributed by atoms with van der Waals surface area (Å²) in [5.74, 6) is -0.384. The van der Waals surface area contributed by atoms with Gasteiger partial charge in [-0.3, -0.25) is 0 Å². The van der Waals surface area contributed by atoms with Crippen molar-refractivity contribution in [1.82, 2.24) is 0 Å². The summed E-state index contributed by atoms with van der Waals surface area (Å²) in [5, 5.41) is 9.66. The number of phenols is 1. The van der Waals surface area contributed by atoms with Gasteiger partial charge in [0.25, 0.3) is 0 Å². The van der Waals surface area contributed by atoms with Crippen molar-refractivity contribution >= 4 is 11.8 Å². The van der Waals surface area contributed by atoms with Gasteiger partial charge < -0.3 is 9.84 Å². The van der Waals surface area contributed by atoms with E-state index in [2.05, 4.69) is 20.8 Å². The number of hydrogen-bond acceptors (Lipinski definition) is 3. The van der Waals surface area contributed by atoms with Crippen molar-refractivity contribution in [3.05, 3.63) is 29.6 Å². The number of rotatable bonds is 2. The summed E-state index contributed by atoms with van der Waals surface area (Å²) in [6, 6.07) is 4.38. The Bertz CT molecular complexity index is 428. The Morgan fingerprint density at radius 2 is 1.84 bits per heavy atom. The molecule has 0 amide bonds. The van der Waals surface area contributed by atoms with E-state index in [1.54, 1.807) is 12.1 Å². The standard InChI is InChI=1S/C15H21FO2S/c1-14(2,3)19-15(4-6-18-7-5-15)11-8-12(16)10-13(17)9-11/h8-10,17H,4-7H2,1-3H3. The summed E-state index contributed by atoms with van der Waals surface area (Å²) >= 11 is 1.84. The first-order valence-corrected chi connectivity index (χ1v) is 7.40. The number of benzene rings is 1. The van der Waals surface area contributed by atoms with Crippen LogP contribution in [0.2, 0.25) is 0 Å². The molecule has 2 rings (SSSR count). The Hall–Kier alpha value is -0.740.